The minimum atomic E-state index is 0.133. The monoisotopic (exact) mass is 405 g/mol. The molecular formula is C29H29N2+. The Bertz CT molecular complexity index is 1430. The van der Waals surface area contributed by atoms with Crippen molar-refractivity contribution in [3.8, 4) is 17.1 Å². The third-order valence-corrected chi connectivity index (χ3v) is 6.35. The summed E-state index contributed by atoms with van der Waals surface area (Å²) < 4.78 is 4.76. The topological polar surface area (TPSA) is 8.81 Å². The van der Waals surface area contributed by atoms with Gasteiger partial charge < -0.3 is 0 Å². The Labute approximate surface area is 184 Å². The smallest absolute Gasteiger partial charge is 0.225 e. The van der Waals surface area contributed by atoms with Crippen molar-refractivity contribution in [3.05, 3.63) is 96.1 Å². The molecule has 2 heteroatoms. The molecule has 154 valence electrons. The van der Waals surface area contributed by atoms with Crippen LogP contribution in [-0.4, -0.2) is 4.57 Å². The summed E-state index contributed by atoms with van der Waals surface area (Å²) in [6, 6.07) is 30.8. The van der Waals surface area contributed by atoms with E-state index in [-0.39, 0.29) is 5.41 Å². The first-order valence-electron chi connectivity index (χ1n) is 11.0. The zero-order chi connectivity index (χ0) is 21.8. The van der Waals surface area contributed by atoms with Gasteiger partial charge in [0.1, 0.15) is 5.69 Å². The maximum absolute atomic E-state index is 2.43. The van der Waals surface area contributed by atoms with Crippen molar-refractivity contribution >= 4 is 21.8 Å². The molecule has 1 aromatic heterocycles. The van der Waals surface area contributed by atoms with E-state index < -0.39 is 0 Å². The van der Waals surface area contributed by atoms with E-state index in [2.05, 4.69) is 129 Å². The molecule has 1 heterocycles. The van der Waals surface area contributed by atoms with E-state index in [4.69, 9.17) is 0 Å². The molecule has 0 unspecified atom stereocenters. The molecule has 5 aromatic rings. The van der Waals surface area contributed by atoms with Crippen LogP contribution < -0.4 is 4.57 Å². The van der Waals surface area contributed by atoms with E-state index in [1.807, 2.05) is 0 Å². The molecule has 0 aliphatic carbocycles. The van der Waals surface area contributed by atoms with Crippen LogP contribution in [-0.2, 0) is 12.5 Å². The Balaban J connectivity index is 1.88. The van der Waals surface area contributed by atoms with Gasteiger partial charge in [-0.15, -0.1) is 0 Å². The molecule has 0 saturated heterocycles. The predicted octanol–water partition coefficient (Wildman–Crippen LogP) is 6.88. The molecule has 0 bridgehead atoms. The van der Waals surface area contributed by atoms with Crippen LogP contribution in [0.2, 0.25) is 0 Å². The number of aromatic nitrogens is 2. The Kier molecular flexibility index (Phi) is 4.48. The molecule has 0 N–H and O–H groups in total. The average molecular weight is 406 g/mol. The molecule has 0 aliphatic rings. The normalized spacial score (nSPS) is 12.0. The number of imidazole rings is 1. The highest BCUT2D eigenvalue weighted by molar-refractivity contribution is 5.93. The number of hydrogen-bond donors (Lipinski definition) is 0. The molecule has 0 radical (unpaired) electrons. The van der Waals surface area contributed by atoms with Crippen LogP contribution in [0.15, 0.2) is 84.9 Å². The Morgan fingerprint density at radius 3 is 2.26 bits per heavy atom. The molecule has 0 fully saturated rings. The number of benzene rings is 4. The largest absolute Gasteiger partial charge is 0.295 e. The van der Waals surface area contributed by atoms with Gasteiger partial charge in [-0.05, 0) is 53.1 Å². The highest BCUT2D eigenvalue weighted by Gasteiger charge is 2.28. The Morgan fingerprint density at radius 1 is 0.774 bits per heavy atom. The van der Waals surface area contributed by atoms with E-state index in [1.165, 1.54) is 50.0 Å². The highest BCUT2D eigenvalue weighted by atomic mass is 15.2. The van der Waals surface area contributed by atoms with Crippen molar-refractivity contribution in [2.24, 2.45) is 7.05 Å². The quantitative estimate of drug-likeness (QED) is 0.283. The fraction of sp³-hybridized carbons (Fsp3) is 0.207. The lowest BCUT2D eigenvalue weighted by molar-refractivity contribution is -0.633. The van der Waals surface area contributed by atoms with E-state index in [9.17, 15) is 0 Å². The first-order valence-corrected chi connectivity index (χ1v) is 11.0. The highest BCUT2D eigenvalue weighted by Crippen LogP contribution is 2.34. The van der Waals surface area contributed by atoms with Crippen LogP contribution in [0.5, 0.6) is 0 Å². The van der Waals surface area contributed by atoms with E-state index >= 15 is 0 Å². The summed E-state index contributed by atoms with van der Waals surface area (Å²) in [4.78, 5) is 0. The molecule has 0 saturated carbocycles. The number of nitrogens with zero attached hydrogens (tertiary/aromatic N) is 2. The van der Waals surface area contributed by atoms with Gasteiger partial charge in [0.05, 0.1) is 12.6 Å². The van der Waals surface area contributed by atoms with Gasteiger partial charge >= 0.3 is 0 Å². The fourth-order valence-electron chi connectivity index (χ4n) is 4.64. The third kappa shape index (κ3) is 3.14. The number of fused-ring (bicyclic) bond motifs is 2. The van der Waals surface area contributed by atoms with E-state index in [0.29, 0.717) is 0 Å². The summed E-state index contributed by atoms with van der Waals surface area (Å²) >= 11 is 0. The van der Waals surface area contributed by atoms with Crippen LogP contribution in [0.4, 0.5) is 0 Å². The van der Waals surface area contributed by atoms with Gasteiger partial charge in [0.15, 0.2) is 11.0 Å². The van der Waals surface area contributed by atoms with Crippen LogP contribution in [0.25, 0.3) is 38.9 Å². The lowest BCUT2D eigenvalue weighted by atomic mass is 9.85. The van der Waals surface area contributed by atoms with Gasteiger partial charge in [0, 0.05) is 5.39 Å². The second-order valence-corrected chi connectivity index (χ2v) is 9.48. The molecule has 2 nitrogen and oxygen atoms in total. The Morgan fingerprint density at radius 2 is 1.48 bits per heavy atom. The summed E-state index contributed by atoms with van der Waals surface area (Å²) in [5.74, 6) is 1.20. The van der Waals surface area contributed by atoms with E-state index in [1.54, 1.807) is 0 Å². The second-order valence-electron chi connectivity index (χ2n) is 9.48. The number of aryl methyl sites for hydroxylation is 2. The molecule has 31 heavy (non-hydrogen) atoms. The van der Waals surface area contributed by atoms with Gasteiger partial charge in [0.25, 0.3) is 5.82 Å². The fourth-order valence-corrected chi connectivity index (χ4v) is 4.64. The first-order chi connectivity index (χ1) is 14.9. The minimum absolute atomic E-state index is 0.133. The van der Waals surface area contributed by atoms with Gasteiger partial charge in [-0.1, -0.05) is 81.4 Å². The lowest BCUT2D eigenvalue weighted by Crippen LogP contribution is -2.30. The third-order valence-electron chi connectivity index (χ3n) is 6.35. The van der Waals surface area contributed by atoms with Crippen LogP contribution in [0.3, 0.4) is 0 Å². The minimum Gasteiger partial charge on any atom is -0.225 e. The predicted molar refractivity (Wildman–Crippen MR) is 131 cm³/mol. The summed E-state index contributed by atoms with van der Waals surface area (Å²) in [6.07, 6.45) is 0. The van der Waals surface area contributed by atoms with Gasteiger partial charge in [-0.25, -0.2) is 4.57 Å². The van der Waals surface area contributed by atoms with Crippen molar-refractivity contribution in [2.75, 3.05) is 0 Å². The van der Waals surface area contributed by atoms with Crippen molar-refractivity contribution in [2.45, 2.75) is 33.1 Å². The molecule has 0 atom stereocenters. The number of para-hydroxylation sites is 2. The average Bonchev–Trinajstić information content (AvgIpc) is 3.05. The SMILES string of the molecule is Cc1cc(C(C)(C)C)ccc1-c1n(-c2cccc3ccccc23)c2ccccc2[n+]1C. The van der Waals surface area contributed by atoms with Crippen molar-refractivity contribution in [1.29, 1.82) is 0 Å². The molecule has 0 amide bonds. The first kappa shape index (κ1) is 19.6. The zero-order valence-electron chi connectivity index (χ0n) is 19.0. The van der Waals surface area contributed by atoms with Gasteiger partial charge in [-0.2, -0.15) is 4.57 Å². The second kappa shape index (κ2) is 7.09. The van der Waals surface area contributed by atoms with Crippen LogP contribution in [0.1, 0.15) is 31.9 Å². The zero-order valence-corrected chi connectivity index (χ0v) is 19.0. The van der Waals surface area contributed by atoms with Crippen molar-refractivity contribution in [1.82, 2.24) is 4.57 Å². The standard InChI is InChI=1S/C29H29N2/c1-20-19-22(29(2,3)4)17-18-23(20)28-30(5)26-14-8-9-15-27(26)31(28)25-16-10-12-21-11-6-7-13-24(21)25/h6-19H,1-5H3/q+1. The number of hydrogen-bond acceptors (Lipinski definition) is 0. The molecule has 4 aromatic carbocycles. The van der Waals surface area contributed by atoms with Gasteiger partial charge in [0.2, 0.25) is 0 Å². The summed E-state index contributed by atoms with van der Waals surface area (Å²) in [6.45, 7) is 9.05. The van der Waals surface area contributed by atoms with Crippen molar-refractivity contribution < 1.29 is 4.57 Å². The van der Waals surface area contributed by atoms with Crippen LogP contribution >= 0.6 is 0 Å². The summed E-state index contributed by atoms with van der Waals surface area (Å²) in [7, 11) is 2.18. The molecule has 0 spiro atoms. The maximum atomic E-state index is 2.43. The van der Waals surface area contributed by atoms with Crippen LogP contribution in [0, 0.1) is 6.92 Å². The summed E-state index contributed by atoms with van der Waals surface area (Å²) in [5.41, 5.74) is 7.72. The molecule has 5 rings (SSSR count). The maximum Gasteiger partial charge on any atom is 0.295 e. The molecular weight excluding hydrogens is 376 g/mol. The Hall–Kier alpha value is -3.39. The van der Waals surface area contributed by atoms with Crippen molar-refractivity contribution in [3.63, 3.8) is 0 Å². The molecule has 0 aliphatic heterocycles. The lowest BCUT2D eigenvalue weighted by Gasteiger charge is -2.20. The number of rotatable bonds is 2. The van der Waals surface area contributed by atoms with E-state index in [0.717, 1.165) is 0 Å². The summed E-state index contributed by atoms with van der Waals surface area (Å²) in [5, 5.41) is 2.52. The van der Waals surface area contributed by atoms with Gasteiger partial charge in [-0.3, -0.25) is 0 Å².